The average Bonchev–Trinajstić information content (AvgIpc) is 2.69. The lowest BCUT2D eigenvalue weighted by Gasteiger charge is -2.30. The Morgan fingerprint density at radius 2 is 1.77 bits per heavy atom. The molecular formula is C23H28Cl2N2O2S. The standard InChI is InChI=1S/C23H28Cl2N2O2S/c1-15(2)26-23(29)17(4)27(12-19-8-6-5-7-16(19)3)22(28)14-30-13-18-9-10-20(24)21(25)11-18/h5-11,15,17H,12-14H2,1-4H3,(H,26,29). The Kier molecular flexibility index (Phi) is 9.53. The molecule has 0 aliphatic rings. The number of benzene rings is 2. The van der Waals surface area contributed by atoms with Crippen LogP contribution in [0.1, 0.15) is 37.5 Å². The molecule has 30 heavy (non-hydrogen) atoms. The fraction of sp³-hybridized carbons (Fsp3) is 0.391. The maximum atomic E-state index is 13.1. The maximum absolute atomic E-state index is 13.1. The molecule has 7 heteroatoms. The summed E-state index contributed by atoms with van der Waals surface area (Å²) in [6.45, 7) is 8.00. The predicted octanol–water partition coefficient (Wildman–Crippen LogP) is 5.48. The van der Waals surface area contributed by atoms with E-state index in [4.69, 9.17) is 23.2 Å². The number of nitrogens with one attached hydrogen (secondary N) is 1. The molecule has 162 valence electrons. The molecule has 0 heterocycles. The van der Waals surface area contributed by atoms with Gasteiger partial charge >= 0.3 is 0 Å². The second-order valence-corrected chi connectivity index (χ2v) is 9.33. The van der Waals surface area contributed by atoms with Crippen molar-refractivity contribution in [1.29, 1.82) is 0 Å². The summed E-state index contributed by atoms with van der Waals surface area (Å²) in [4.78, 5) is 27.3. The third-order valence-electron chi connectivity index (χ3n) is 4.68. The normalized spacial score (nSPS) is 12.0. The van der Waals surface area contributed by atoms with Crippen molar-refractivity contribution in [2.45, 2.75) is 52.1 Å². The minimum Gasteiger partial charge on any atom is -0.352 e. The first-order valence-electron chi connectivity index (χ1n) is 9.85. The molecule has 0 radical (unpaired) electrons. The van der Waals surface area contributed by atoms with E-state index in [2.05, 4.69) is 5.32 Å². The predicted molar refractivity (Wildman–Crippen MR) is 127 cm³/mol. The van der Waals surface area contributed by atoms with Gasteiger partial charge in [0.15, 0.2) is 0 Å². The van der Waals surface area contributed by atoms with Gasteiger partial charge in [-0.05, 0) is 56.5 Å². The summed E-state index contributed by atoms with van der Waals surface area (Å²) >= 11 is 13.5. The van der Waals surface area contributed by atoms with E-state index in [0.29, 0.717) is 22.3 Å². The van der Waals surface area contributed by atoms with Crippen LogP contribution in [0.25, 0.3) is 0 Å². The van der Waals surface area contributed by atoms with Crippen molar-refractivity contribution < 1.29 is 9.59 Å². The zero-order chi connectivity index (χ0) is 22.3. The number of hydrogen-bond acceptors (Lipinski definition) is 3. The van der Waals surface area contributed by atoms with Crippen molar-refractivity contribution in [1.82, 2.24) is 10.2 Å². The van der Waals surface area contributed by atoms with E-state index in [0.717, 1.165) is 16.7 Å². The van der Waals surface area contributed by atoms with Gasteiger partial charge in [0, 0.05) is 18.3 Å². The third-order valence-corrected chi connectivity index (χ3v) is 6.41. The Labute approximate surface area is 193 Å². The van der Waals surface area contributed by atoms with Gasteiger partial charge < -0.3 is 10.2 Å². The quantitative estimate of drug-likeness (QED) is 0.532. The first-order chi connectivity index (χ1) is 14.2. The number of amides is 2. The smallest absolute Gasteiger partial charge is 0.242 e. The van der Waals surface area contributed by atoms with Gasteiger partial charge in [-0.2, -0.15) is 0 Å². The van der Waals surface area contributed by atoms with E-state index >= 15 is 0 Å². The number of halogens is 2. The van der Waals surface area contributed by atoms with Gasteiger partial charge in [-0.15, -0.1) is 11.8 Å². The molecule has 2 aromatic carbocycles. The van der Waals surface area contributed by atoms with Gasteiger partial charge in [0.05, 0.1) is 15.8 Å². The van der Waals surface area contributed by atoms with Crippen LogP contribution in [0, 0.1) is 6.92 Å². The lowest BCUT2D eigenvalue weighted by molar-refractivity contribution is -0.138. The molecule has 2 rings (SSSR count). The van der Waals surface area contributed by atoms with E-state index in [9.17, 15) is 9.59 Å². The van der Waals surface area contributed by atoms with Crippen LogP contribution in [0.5, 0.6) is 0 Å². The second kappa shape index (κ2) is 11.6. The number of carbonyl (C=O) groups excluding carboxylic acids is 2. The molecule has 0 spiro atoms. The van der Waals surface area contributed by atoms with Crippen LogP contribution in [-0.2, 0) is 21.9 Å². The second-order valence-electron chi connectivity index (χ2n) is 7.53. The molecule has 2 aromatic rings. The number of carbonyl (C=O) groups is 2. The van der Waals surface area contributed by atoms with Crippen LogP contribution in [-0.4, -0.2) is 34.6 Å². The van der Waals surface area contributed by atoms with Crippen molar-refractivity contribution in [3.05, 3.63) is 69.2 Å². The topological polar surface area (TPSA) is 49.4 Å². The van der Waals surface area contributed by atoms with E-state index in [-0.39, 0.29) is 23.6 Å². The first kappa shape index (κ1) is 24.6. The minimum absolute atomic E-state index is 0.0133. The van der Waals surface area contributed by atoms with Gasteiger partial charge in [0.2, 0.25) is 11.8 Å². The van der Waals surface area contributed by atoms with Crippen LogP contribution in [0.2, 0.25) is 10.0 Å². The fourth-order valence-corrected chi connectivity index (χ4v) is 4.11. The summed E-state index contributed by atoms with van der Waals surface area (Å²) in [5.41, 5.74) is 3.12. The molecule has 1 N–H and O–H groups in total. The maximum Gasteiger partial charge on any atom is 0.242 e. The zero-order valence-electron chi connectivity index (χ0n) is 17.7. The molecule has 4 nitrogen and oxygen atoms in total. The summed E-state index contributed by atoms with van der Waals surface area (Å²) in [7, 11) is 0. The average molecular weight is 467 g/mol. The van der Waals surface area contributed by atoms with Gasteiger partial charge in [-0.3, -0.25) is 9.59 Å². The van der Waals surface area contributed by atoms with Gasteiger partial charge in [-0.25, -0.2) is 0 Å². The van der Waals surface area contributed by atoms with Gasteiger partial charge in [0.1, 0.15) is 6.04 Å². The number of rotatable bonds is 9. The molecule has 0 aromatic heterocycles. The highest BCUT2D eigenvalue weighted by Gasteiger charge is 2.26. The fourth-order valence-electron chi connectivity index (χ4n) is 2.93. The van der Waals surface area contributed by atoms with Crippen LogP contribution in [0.3, 0.4) is 0 Å². The molecule has 2 amide bonds. The summed E-state index contributed by atoms with van der Waals surface area (Å²) < 4.78 is 0. The Bertz CT molecular complexity index is 889. The highest BCUT2D eigenvalue weighted by Crippen LogP contribution is 2.25. The summed E-state index contributed by atoms with van der Waals surface area (Å²) in [5.74, 6) is 0.676. The van der Waals surface area contributed by atoms with Crippen molar-refractivity contribution in [2.24, 2.45) is 0 Å². The summed E-state index contributed by atoms with van der Waals surface area (Å²) in [5, 5.41) is 3.92. The highest BCUT2D eigenvalue weighted by atomic mass is 35.5. The molecule has 1 atom stereocenters. The van der Waals surface area contributed by atoms with Gasteiger partial charge in [0.25, 0.3) is 0 Å². The zero-order valence-corrected chi connectivity index (χ0v) is 20.1. The number of aryl methyl sites for hydroxylation is 1. The molecule has 1 unspecified atom stereocenters. The largest absolute Gasteiger partial charge is 0.352 e. The molecule has 0 aliphatic heterocycles. The van der Waals surface area contributed by atoms with Crippen molar-refractivity contribution in [3.8, 4) is 0 Å². The highest BCUT2D eigenvalue weighted by molar-refractivity contribution is 7.99. The Morgan fingerprint density at radius 3 is 2.40 bits per heavy atom. The summed E-state index contributed by atoms with van der Waals surface area (Å²) in [6, 6.07) is 12.8. The summed E-state index contributed by atoms with van der Waals surface area (Å²) in [6.07, 6.45) is 0. The molecule has 0 aliphatic carbocycles. The number of thioether (sulfide) groups is 1. The first-order valence-corrected chi connectivity index (χ1v) is 11.8. The lowest BCUT2D eigenvalue weighted by Crippen LogP contribution is -2.49. The number of nitrogens with zero attached hydrogens (tertiary/aromatic N) is 1. The molecular weight excluding hydrogens is 439 g/mol. The Morgan fingerprint density at radius 1 is 1.07 bits per heavy atom. The van der Waals surface area contributed by atoms with E-state index in [1.165, 1.54) is 11.8 Å². The van der Waals surface area contributed by atoms with Crippen molar-refractivity contribution in [2.75, 3.05) is 5.75 Å². The minimum atomic E-state index is -0.565. The van der Waals surface area contributed by atoms with Crippen LogP contribution in [0.4, 0.5) is 0 Å². The molecule has 0 fully saturated rings. The third kappa shape index (κ3) is 7.22. The molecule has 0 bridgehead atoms. The van der Waals surface area contributed by atoms with Crippen LogP contribution < -0.4 is 5.32 Å². The Balaban J connectivity index is 2.09. The molecule has 0 saturated heterocycles. The van der Waals surface area contributed by atoms with Crippen molar-refractivity contribution in [3.63, 3.8) is 0 Å². The lowest BCUT2D eigenvalue weighted by atomic mass is 10.1. The SMILES string of the molecule is Cc1ccccc1CN(C(=O)CSCc1ccc(Cl)c(Cl)c1)C(C)C(=O)NC(C)C. The molecule has 0 saturated carbocycles. The van der Waals surface area contributed by atoms with Gasteiger partial charge in [-0.1, -0.05) is 53.5 Å². The Hall–Kier alpha value is -1.69. The number of hydrogen-bond donors (Lipinski definition) is 1. The van der Waals surface area contributed by atoms with E-state index in [1.54, 1.807) is 17.9 Å². The van der Waals surface area contributed by atoms with E-state index < -0.39 is 6.04 Å². The monoisotopic (exact) mass is 466 g/mol. The van der Waals surface area contributed by atoms with Crippen LogP contribution in [0.15, 0.2) is 42.5 Å². The van der Waals surface area contributed by atoms with Crippen LogP contribution >= 0.6 is 35.0 Å². The van der Waals surface area contributed by atoms with E-state index in [1.807, 2.05) is 57.2 Å². The van der Waals surface area contributed by atoms with Crippen molar-refractivity contribution >= 4 is 46.8 Å².